The molecule has 17 bridgehead atoms. The van der Waals surface area contributed by atoms with E-state index in [4.69, 9.17) is 56.4 Å². The number of aliphatic hydroxyl groups excluding tert-OH is 8. The number of nitrogens with one attached hydrogen (secondary N) is 8. The van der Waals surface area contributed by atoms with Gasteiger partial charge >= 0.3 is 0 Å². The van der Waals surface area contributed by atoms with Crippen molar-refractivity contribution in [3.8, 4) is 80.1 Å². The summed E-state index contributed by atoms with van der Waals surface area (Å²) in [6.07, 6.45) is -14.1. The highest BCUT2D eigenvalue weighted by Gasteiger charge is 2.50. The van der Waals surface area contributed by atoms with Gasteiger partial charge in [-0.3, -0.25) is 38.4 Å². The van der Waals surface area contributed by atoms with Crippen LogP contribution in [0.3, 0.4) is 0 Å². The van der Waals surface area contributed by atoms with Crippen LogP contribution in [0.2, 0.25) is 10.0 Å². The van der Waals surface area contributed by atoms with Crippen LogP contribution in [0.5, 0.6) is 69.0 Å². The predicted molar refractivity (Wildman–Crippen MR) is 449 cm³/mol. The Bertz CT molecular complexity index is 5300. The molecule has 678 valence electrons. The molecule has 0 radical (unpaired) electrons. The molecule has 127 heavy (non-hydrogen) atoms. The number of amides is 8. The Morgan fingerprint density at radius 3 is 1.84 bits per heavy atom. The first-order chi connectivity index (χ1) is 60.8. The number of fused-ring (bicyclic) bond motifs is 14. The number of carbonyl (C=O) groups is 8. The van der Waals surface area contributed by atoms with Gasteiger partial charge in [-0.2, -0.15) is 0 Å². The minimum absolute atomic E-state index is 0.0280. The Hall–Kier alpha value is -11.4. The number of halogens is 2. The van der Waals surface area contributed by atoms with Gasteiger partial charge in [-0.1, -0.05) is 106 Å². The highest BCUT2D eigenvalue weighted by Crippen LogP contribution is 2.51. The van der Waals surface area contributed by atoms with Gasteiger partial charge in [0, 0.05) is 67.8 Å². The van der Waals surface area contributed by atoms with Crippen LogP contribution in [0.25, 0.3) is 11.1 Å². The van der Waals surface area contributed by atoms with E-state index in [2.05, 4.69) is 56.4 Å². The Morgan fingerprint density at radius 1 is 0.535 bits per heavy atom. The van der Waals surface area contributed by atoms with E-state index in [-0.39, 0.29) is 65.6 Å². The summed E-state index contributed by atoms with van der Waals surface area (Å²) >= 11 is 14.4. The van der Waals surface area contributed by atoms with Gasteiger partial charge in [0.2, 0.25) is 65.6 Å². The lowest BCUT2D eigenvalue weighted by Gasteiger charge is -2.42. The minimum Gasteiger partial charge on any atom is -0.508 e. The van der Waals surface area contributed by atoms with Crippen molar-refractivity contribution in [3.63, 3.8) is 0 Å². The second kappa shape index (κ2) is 39.5. The van der Waals surface area contributed by atoms with Crippen molar-refractivity contribution in [2.45, 2.75) is 181 Å². The molecule has 9 aliphatic heterocycles. The van der Waals surface area contributed by atoms with Crippen LogP contribution < -0.4 is 66.2 Å². The molecule has 18 atom stereocenters. The molecule has 9 heterocycles. The monoisotopic (exact) mass is 1800 g/mol. The average Bonchev–Trinajstić information content (AvgIpc) is 0.754. The molecule has 7 aromatic carbocycles. The van der Waals surface area contributed by atoms with Crippen LogP contribution in [-0.2, 0) is 54.3 Å². The molecule has 37 nitrogen and oxygen atoms in total. The third kappa shape index (κ3) is 20.1. The number of hydrogen-bond donors (Lipinski definition) is 20. The number of unbranched alkanes of at least 4 members (excludes halogenated alkanes) is 5. The number of likely N-dealkylation sites (N-methyl/N-ethyl adjacent to an activating group) is 2. The number of carbonyl (C=O) groups excluding carboxylic acids is 8. The van der Waals surface area contributed by atoms with Gasteiger partial charge in [0.1, 0.15) is 137 Å². The van der Waals surface area contributed by atoms with E-state index in [1.165, 1.54) is 66.5 Å². The topological polar surface area (TPSA) is 547 Å². The van der Waals surface area contributed by atoms with E-state index in [0.717, 1.165) is 92.8 Å². The predicted octanol–water partition coefficient (Wildman–Crippen LogP) is 3.78. The summed E-state index contributed by atoms with van der Waals surface area (Å²) in [5.41, 5.74) is -2.32. The third-order valence-electron chi connectivity index (χ3n) is 23.5. The zero-order valence-electron chi connectivity index (χ0n) is 69.2. The number of ether oxygens (including phenoxy) is 7. The third-order valence-corrected chi connectivity index (χ3v) is 24.2. The van der Waals surface area contributed by atoms with Crippen molar-refractivity contribution in [1.29, 1.82) is 0 Å². The fraction of sp³-hybridized carbons (Fsp3) is 0.432. The summed E-state index contributed by atoms with van der Waals surface area (Å²) in [6, 6.07) is 6.85. The largest absolute Gasteiger partial charge is 0.508 e. The molecule has 3 fully saturated rings. The lowest BCUT2D eigenvalue weighted by molar-refractivity contribution is -0.277. The fourth-order valence-corrected chi connectivity index (χ4v) is 16.9. The quantitative estimate of drug-likeness (QED) is 0.0543. The van der Waals surface area contributed by atoms with Crippen molar-refractivity contribution in [3.05, 3.63) is 164 Å². The van der Waals surface area contributed by atoms with Gasteiger partial charge in [0.25, 0.3) is 0 Å². The van der Waals surface area contributed by atoms with Gasteiger partial charge in [0.15, 0.2) is 23.0 Å². The molecule has 39 heteroatoms. The first-order valence-corrected chi connectivity index (χ1v) is 42.4. The minimum atomic E-state index is -2.40. The van der Waals surface area contributed by atoms with Crippen molar-refractivity contribution in [2.75, 3.05) is 53.5 Å². The van der Waals surface area contributed by atoms with Gasteiger partial charge in [-0.25, -0.2) is 0 Å². The number of rotatable bonds is 18. The van der Waals surface area contributed by atoms with Crippen LogP contribution in [-0.4, -0.2) is 245 Å². The van der Waals surface area contributed by atoms with E-state index in [0.29, 0.717) is 37.4 Å². The molecule has 9 aliphatic rings. The summed E-state index contributed by atoms with van der Waals surface area (Å²) in [7, 11) is 3.24. The number of benzene rings is 7. The standard InChI is InChI=1S/C88H100Cl2N10O27/c1-39(2)11-9-7-5-6-8-10-12-63(107)93-72-76(111)74(109)61(37-101)125-87(72)127-79-59-31-44-32-60(79)123-56-22-17-43(29-51(56)89)73(108)71-85(119)97-70(86(120)100-25-23-99(4)24-26-100)49-33-45(103)34-58(124-88-78(113)77(112)75(110)62(38-102)126-88)64(49)48-28-41(15-20-53(48)104)67(82(116)98-71)94-83(117)68(44)95-84(118)69-50-35-47(36-55(106)65(50)90)122-57-30-42(16-21-54(57)105)66(91-3)81(115)92-52(80(114)96-69)27-40-13-18-46(121-59)19-14-40/h13-22,28-36,39,52,61-62,66-78,87-88,91,101-106,108-113H,5-12,23-27,37-38H2,1-4H3,(H,92,115)(H,93,107)(H,94,117)(H,95,118)(H,96,114)(H,97,119)(H,98,116)/t52-,61-,62-,66+,67-,68-,69+,70+,71+,72-,73-,74-,75-,76-,77+,78+,87+,88+/m1/s1. The van der Waals surface area contributed by atoms with Crippen molar-refractivity contribution >= 4 is 70.5 Å². The molecule has 0 spiro atoms. The van der Waals surface area contributed by atoms with E-state index < -0.39 is 254 Å². The molecule has 3 saturated heterocycles. The molecule has 0 aliphatic carbocycles. The summed E-state index contributed by atoms with van der Waals surface area (Å²) in [5, 5.41) is 160. The summed E-state index contributed by atoms with van der Waals surface area (Å²) < 4.78 is 45.1. The molecule has 0 unspecified atom stereocenters. The maximum Gasteiger partial charge on any atom is 0.249 e. The van der Waals surface area contributed by atoms with Crippen LogP contribution >= 0.6 is 23.2 Å². The van der Waals surface area contributed by atoms with E-state index >= 15 is 28.8 Å². The number of phenols is 4. The van der Waals surface area contributed by atoms with Crippen LogP contribution in [0.4, 0.5) is 0 Å². The van der Waals surface area contributed by atoms with Gasteiger partial charge in [-0.15, -0.1) is 0 Å². The second-order valence-corrected chi connectivity index (χ2v) is 33.6. The Kier molecular flexibility index (Phi) is 28.5. The number of piperazine rings is 1. The van der Waals surface area contributed by atoms with Crippen LogP contribution in [0, 0.1) is 5.92 Å². The molecule has 8 amide bonds. The number of phenolic OH excluding ortho intramolecular Hbond substituents is 4. The van der Waals surface area contributed by atoms with Crippen LogP contribution in [0.1, 0.15) is 140 Å². The SMILES string of the molecule is CN[C@@H]1C(=O)N[C@@H]2Cc3ccc(cc3)Oc3cc4cc(c3O[C@@H]3O[C@H](CO)[C@@H](O)[C@H](O)[C@H]3NC(=O)CCCCCCCCC(C)C)Oc3ccc(cc3Cl)[C@@H](O)[C@@H]3NC(=O)[C@H](NC(=O)[C@@H]4NC(=O)[C@@H](NC2=O)c2cc(cc(O)c2Cl)Oc2cc1ccc2O)c1ccc(O)c(c1)-c1c(O[C@H]2O[C@H](CO)[C@@H](O)[C@H](O)[C@@H]2O)cc(O)cc1[C@@H](C(=O)N1CCN(C)CC1)NC3=O. The summed E-state index contributed by atoms with van der Waals surface area (Å²) in [6.45, 7) is 3.04. The summed E-state index contributed by atoms with van der Waals surface area (Å²) in [5.74, 6) is -14.6. The second-order valence-electron chi connectivity index (χ2n) is 32.8. The van der Waals surface area contributed by atoms with Gasteiger partial charge in [0.05, 0.1) is 23.3 Å². The maximum absolute atomic E-state index is 16.9. The van der Waals surface area contributed by atoms with Gasteiger partial charge in [-0.05, 0) is 133 Å². The zero-order chi connectivity index (χ0) is 90.7. The Labute approximate surface area is 737 Å². The lowest BCUT2D eigenvalue weighted by atomic mass is 9.89. The molecule has 0 saturated carbocycles. The number of nitrogens with zero attached hydrogens (tertiary/aromatic N) is 2. The molecule has 0 aromatic heterocycles. The summed E-state index contributed by atoms with van der Waals surface area (Å²) in [4.78, 5) is 129. The van der Waals surface area contributed by atoms with Crippen molar-refractivity contribution in [2.24, 2.45) is 5.92 Å². The zero-order valence-corrected chi connectivity index (χ0v) is 70.7. The molecule has 16 rings (SSSR count). The molecular formula is C88H100Cl2N10O27. The maximum atomic E-state index is 16.9. The first kappa shape index (κ1) is 91.8. The molecule has 20 N–H and O–H groups in total. The van der Waals surface area contributed by atoms with E-state index in [1.54, 1.807) is 7.05 Å². The van der Waals surface area contributed by atoms with Gasteiger partial charge < -0.3 is 147 Å². The van der Waals surface area contributed by atoms with Crippen LogP contribution in [0.15, 0.2) is 115 Å². The van der Waals surface area contributed by atoms with Crippen molar-refractivity contribution in [1.82, 2.24) is 52.3 Å². The average molecular weight is 1800 g/mol. The number of hydrogen-bond acceptors (Lipinski definition) is 29. The number of aliphatic hydroxyl groups is 8. The van der Waals surface area contributed by atoms with E-state index in [1.807, 2.05) is 4.90 Å². The highest BCUT2D eigenvalue weighted by molar-refractivity contribution is 6.33. The Balaban J connectivity index is 0.988. The highest BCUT2D eigenvalue weighted by atomic mass is 35.5. The lowest BCUT2D eigenvalue weighted by Crippen LogP contribution is -2.65. The fourth-order valence-electron chi connectivity index (χ4n) is 16.4. The Morgan fingerprint density at radius 2 is 1.15 bits per heavy atom. The molecular weight excluding hydrogens is 1700 g/mol. The van der Waals surface area contributed by atoms with E-state index in [9.17, 15) is 70.9 Å². The normalized spacial score (nSPS) is 26.9. The first-order valence-electron chi connectivity index (χ1n) is 41.6. The van der Waals surface area contributed by atoms with Crippen molar-refractivity contribution < 1.29 is 133 Å². The smallest absolute Gasteiger partial charge is 0.249 e. The molecule has 7 aromatic rings. The number of aromatic hydroxyl groups is 4.